The third kappa shape index (κ3) is 4.76. The minimum absolute atomic E-state index is 0.0486. The fraction of sp³-hybridized carbons (Fsp3) is 0.500. The largest absolute Gasteiger partial charge is 0.459 e. The van der Waals surface area contributed by atoms with E-state index in [1.807, 2.05) is 13.8 Å². The molecule has 2 N–H and O–H groups in total. The Morgan fingerprint density at radius 3 is 2.47 bits per heavy atom. The Balaban J connectivity index is 2.70. The van der Waals surface area contributed by atoms with Crippen molar-refractivity contribution < 1.29 is 9.21 Å². The predicted octanol–water partition coefficient (Wildman–Crippen LogP) is 2.70. The number of furan rings is 1. The third-order valence-corrected chi connectivity index (χ3v) is 2.50. The van der Waals surface area contributed by atoms with Gasteiger partial charge in [0.15, 0.2) is 5.76 Å². The number of carbonyl (C=O) groups is 1. The van der Waals surface area contributed by atoms with Crippen molar-refractivity contribution >= 4 is 40.7 Å². The lowest BCUT2D eigenvalue weighted by molar-refractivity contribution is 0.0899. The van der Waals surface area contributed by atoms with Gasteiger partial charge >= 0.3 is 0 Å². The van der Waals surface area contributed by atoms with Crippen LogP contribution in [-0.4, -0.2) is 21.9 Å². The van der Waals surface area contributed by atoms with Crippen LogP contribution < -0.4 is 10.6 Å². The molecule has 7 heteroatoms. The SMILES string of the molecule is CC(C)N[C@@H](NC(=O)c1ccco1)C(Cl)(Cl)Cl. The topological polar surface area (TPSA) is 54.3 Å². The van der Waals surface area contributed by atoms with E-state index in [0.29, 0.717) is 0 Å². The summed E-state index contributed by atoms with van der Waals surface area (Å²) in [6.45, 7) is 3.75. The predicted molar refractivity (Wildman–Crippen MR) is 68.5 cm³/mol. The molecule has 0 aliphatic carbocycles. The quantitative estimate of drug-likeness (QED) is 0.664. The van der Waals surface area contributed by atoms with Crippen molar-refractivity contribution in [3.8, 4) is 0 Å². The molecule has 0 spiro atoms. The van der Waals surface area contributed by atoms with Gasteiger partial charge in [-0.3, -0.25) is 10.1 Å². The molecule has 4 nitrogen and oxygen atoms in total. The Hall–Kier alpha value is -0.420. The summed E-state index contributed by atoms with van der Waals surface area (Å²) in [6, 6.07) is 3.18. The van der Waals surface area contributed by atoms with E-state index < -0.39 is 15.9 Å². The second-order valence-corrected chi connectivity index (χ2v) is 6.12. The van der Waals surface area contributed by atoms with Crippen molar-refractivity contribution in [1.82, 2.24) is 10.6 Å². The Bertz CT molecular complexity index is 360. The standard InChI is InChI=1S/C10H13Cl3N2O2/c1-6(2)14-9(10(11,12)13)15-8(16)7-4-3-5-17-7/h3-6,9,14H,1-2H3,(H,15,16)/t9-/m0/s1. The van der Waals surface area contributed by atoms with Crippen molar-refractivity contribution in [2.75, 3.05) is 0 Å². The highest BCUT2D eigenvalue weighted by Gasteiger charge is 2.34. The molecule has 0 radical (unpaired) electrons. The molecular formula is C10H13Cl3N2O2. The lowest BCUT2D eigenvalue weighted by Gasteiger charge is -2.28. The monoisotopic (exact) mass is 298 g/mol. The fourth-order valence-electron chi connectivity index (χ4n) is 1.16. The van der Waals surface area contributed by atoms with Gasteiger partial charge in [0.05, 0.1) is 6.26 Å². The summed E-state index contributed by atoms with van der Waals surface area (Å²) in [5, 5.41) is 5.49. The maximum atomic E-state index is 11.7. The molecule has 17 heavy (non-hydrogen) atoms. The minimum atomic E-state index is -1.65. The first kappa shape index (κ1) is 14.6. The smallest absolute Gasteiger partial charge is 0.288 e. The zero-order valence-electron chi connectivity index (χ0n) is 9.34. The molecule has 0 saturated carbocycles. The van der Waals surface area contributed by atoms with Gasteiger partial charge in [0, 0.05) is 6.04 Å². The molecule has 1 aromatic rings. The van der Waals surface area contributed by atoms with Crippen molar-refractivity contribution in [3.63, 3.8) is 0 Å². The molecule has 0 aliphatic heterocycles. The third-order valence-electron chi connectivity index (χ3n) is 1.85. The molecule has 0 fully saturated rings. The Kier molecular flexibility index (Phi) is 5.13. The minimum Gasteiger partial charge on any atom is -0.459 e. The van der Waals surface area contributed by atoms with Gasteiger partial charge in [0.1, 0.15) is 6.17 Å². The molecule has 0 saturated heterocycles. The molecule has 1 rings (SSSR count). The Labute approximate surface area is 115 Å². The summed E-state index contributed by atoms with van der Waals surface area (Å²) in [4.78, 5) is 11.7. The van der Waals surface area contributed by atoms with Gasteiger partial charge in [-0.05, 0) is 26.0 Å². The first-order chi connectivity index (χ1) is 7.80. The summed E-state index contributed by atoms with van der Waals surface area (Å²) in [7, 11) is 0. The molecule has 0 aromatic carbocycles. The van der Waals surface area contributed by atoms with Gasteiger partial charge in [-0.25, -0.2) is 0 Å². The zero-order chi connectivity index (χ0) is 13.1. The van der Waals surface area contributed by atoms with E-state index in [2.05, 4.69) is 10.6 Å². The van der Waals surface area contributed by atoms with Gasteiger partial charge in [-0.15, -0.1) is 0 Å². The first-order valence-corrected chi connectivity index (χ1v) is 6.11. The summed E-state index contributed by atoms with van der Waals surface area (Å²) in [5.74, 6) is -0.283. The Morgan fingerprint density at radius 2 is 2.06 bits per heavy atom. The molecular weight excluding hydrogens is 286 g/mol. The van der Waals surface area contributed by atoms with Gasteiger partial charge in [0.2, 0.25) is 3.79 Å². The lowest BCUT2D eigenvalue weighted by atomic mass is 10.3. The van der Waals surface area contributed by atoms with E-state index in [-0.39, 0.29) is 11.8 Å². The molecule has 1 amide bonds. The number of amides is 1. The lowest BCUT2D eigenvalue weighted by Crippen LogP contribution is -2.55. The van der Waals surface area contributed by atoms with Crippen LogP contribution in [0.3, 0.4) is 0 Å². The summed E-state index contributed by atoms with van der Waals surface area (Å²) >= 11 is 17.3. The van der Waals surface area contributed by atoms with Gasteiger partial charge in [0.25, 0.3) is 5.91 Å². The summed E-state index contributed by atoms with van der Waals surface area (Å²) in [6.07, 6.45) is 0.597. The fourth-order valence-corrected chi connectivity index (χ4v) is 1.51. The second kappa shape index (κ2) is 5.96. The molecule has 1 heterocycles. The average Bonchev–Trinajstić information content (AvgIpc) is 2.66. The summed E-state index contributed by atoms with van der Waals surface area (Å²) < 4.78 is 3.30. The number of alkyl halides is 3. The van der Waals surface area contributed by atoms with Crippen LogP contribution in [-0.2, 0) is 0 Å². The highest BCUT2D eigenvalue weighted by molar-refractivity contribution is 6.68. The van der Waals surface area contributed by atoms with Gasteiger partial charge in [-0.2, -0.15) is 0 Å². The molecule has 0 aliphatic rings. The maximum absolute atomic E-state index is 11.7. The van der Waals surface area contributed by atoms with Crippen LogP contribution in [0.15, 0.2) is 22.8 Å². The zero-order valence-corrected chi connectivity index (χ0v) is 11.6. The van der Waals surface area contributed by atoms with Gasteiger partial charge < -0.3 is 9.73 Å². The van der Waals surface area contributed by atoms with Crippen LogP contribution in [0.4, 0.5) is 0 Å². The van der Waals surface area contributed by atoms with Gasteiger partial charge in [-0.1, -0.05) is 34.8 Å². The number of hydrogen-bond acceptors (Lipinski definition) is 3. The van der Waals surface area contributed by atoms with Crippen LogP contribution in [0.5, 0.6) is 0 Å². The molecule has 96 valence electrons. The van der Waals surface area contributed by atoms with E-state index >= 15 is 0 Å². The Morgan fingerprint density at radius 1 is 1.41 bits per heavy atom. The van der Waals surface area contributed by atoms with Crippen molar-refractivity contribution in [3.05, 3.63) is 24.2 Å². The highest BCUT2D eigenvalue weighted by Crippen LogP contribution is 2.29. The van der Waals surface area contributed by atoms with Crippen LogP contribution in [0.25, 0.3) is 0 Å². The van der Waals surface area contributed by atoms with Crippen LogP contribution >= 0.6 is 34.8 Å². The average molecular weight is 300 g/mol. The second-order valence-electron chi connectivity index (χ2n) is 3.75. The molecule has 1 atom stereocenters. The number of carbonyl (C=O) groups excluding carboxylic acids is 1. The number of rotatable bonds is 4. The highest BCUT2D eigenvalue weighted by atomic mass is 35.6. The molecule has 0 bridgehead atoms. The van der Waals surface area contributed by atoms with Crippen LogP contribution in [0.2, 0.25) is 0 Å². The number of halogens is 3. The van der Waals surface area contributed by atoms with E-state index in [1.54, 1.807) is 6.07 Å². The van der Waals surface area contributed by atoms with Crippen molar-refractivity contribution in [1.29, 1.82) is 0 Å². The normalized spacial score (nSPS) is 13.8. The van der Waals surface area contributed by atoms with Crippen molar-refractivity contribution in [2.45, 2.75) is 29.8 Å². The van der Waals surface area contributed by atoms with Crippen molar-refractivity contribution in [2.24, 2.45) is 0 Å². The van der Waals surface area contributed by atoms with Crippen LogP contribution in [0, 0.1) is 0 Å². The molecule has 0 unspecified atom stereocenters. The number of nitrogens with one attached hydrogen (secondary N) is 2. The van der Waals surface area contributed by atoms with E-state index in [0.717, 1.165) is 0 Å². The molecule has 1 aromatic heterocycles. The van der Waals surface area contributed by atoms with E-state index in [9.17, 15) is 4.79 Å². The summed E-state index contributed by atoms with van der Waals surface area (Å²) in [5.41, 5.74) is 0. The van der Waals surface area contributed by atoms with Crippen LogP contribution in [0.1, 0.15) is 24.4 Å². The van der Waals surface area contributed by atoms with E-state index in [1.165, 1.54) is 12.3 Å². The number of hydrogen-bond donors (Lipinski definition) is 2. The van der Waals surface area contributed by atoms with E-state index in [4.69, 9.17) is 39.2 Å². The first-order valence-electron chi connectivity index (χ1n) is 4.98. The maximum Gasteiger partial charge on any atom is 0.288 e.